The largest absolute Gasteiger partial charge is 0.453 e. The molecule has 0 spiro atoms. The van der Waals surface area contributed by atoms with Gasteiger partial charge in [0.05, 0.1) is 11.4 Å². The molecule has 0 aliphatic carbocycles. The van der Waals surface area contributed by atoms with Crippen LogP contribution >= 0.6 is 0 Å². The molecule has 1 N–H and O–H groups in total. The van der Waals surface area contributed by atoms with Crippen molar-refractivity contribution in [3.63, 3.8) is 0 Å². The molecular weight excluding hydrogens is 583 g/mol. The van der Waals surface area contributed by atoms with Gasteiger partial charge in [-0.1, -0.05) is 121 Å². The molecule has 0 saturated heterocycles. The number of para-hydroxylation sites is 3. The highest BCUT2D eigenvalue weighted by Crippen LogP contribution is 2.52. The Bertz CT molecular complexity index is 2540. The van der Waals surface area contributed by atoms with E-state index in [1.807, 2.05) is 6.07 Å². The van der Waals surface area contributed by atoms with E-state index in [1.54, 1.807) is 0 Å². The van der Waals surface area contributed by atoms with Gasteiger partial charge in [0.25, 0.3) is 0 Å². The molecule has 0 bridgehead atoms. The molecular formula is C44H28BN2O. The van der Waals surface area contributed by atoms with Crippen molar-refractivity contribution in [2.45, 2.75) is 0 Å². The van der Waals surface area contributed by atoms with Gasteiger partial charge in [-0.25, -0.2) is 0 Å². The summed E-state index contributed by atoms with van der Waals surface area (Å²) >= 11 is 0. The first-order valence-electron chi connectivity index (χ1n) is 16.3. The molecule has 0 atom stereocenters. The van der Waals surface area contributed by atoms with Crippen LogP contribution in [0.2, 0.25) is 0 Å². The zero-order valence-electron chi connectivity index (χ0n) is 26.0. The van der Waals surface area contributed by atoms with Crippen LogP contribution in [0.15, 0.2) is 164 Å². The normalized spacial score (nSPS) is 12.5. The van der Waals surface area contributed by atoms with E-state index < -0.39 is 0 Å². The average molecular weight is 612 g/mol. The van der Waals surface area contributed by atoms with Crippen LogP contribution in [0.1, 0.15) is 0 Å². The Hall–Kier alpha value is -6.26. The number of nitrogens with one attached hydrogen (secondary N) is 1. The summed E-state index contributed by atoms with van der Waals surface area (Å²) in [6, 6.07) is 58.3. The monoisotopic (exact) mass is 611 g/mol. The third kappa shape index (κ3) is 4.23. The first-order chi connectivity index (χ1) is 23.8. The van der Waals surface area contributed by atoms with Gasteiger partial charge in [0, 0.05) is 28.0 Å². The van der Waals surface area contributed by atoms with E-state index in [0.717, 1.165) is 45.3 Å². The number of hydrogen-bond acceptors (Lipinski definition) is 3. The van der Waals surface area contributed by atoms with E-state index in [1.165, 1.54) is 49.4 Å². The van der Waals surface area contributed by atoms with Gasteiger partial charge >= 0.3 is 0 Å². The van der Waals surface area contributed by atoms with Gasteiger partial charge in [-0.15, -0.1) is 0 Å². The molecule has 1 radical (unpaired) electrons. The van der Waals surface area contributed by atoms with Crippen LogP contribution in [0, 0.1) is 0 Å². The van der Waals surface area contributed by atoms with Gasteiger partial charge in [0.2, 0.25) is 0 Å². The summed E-state index contributed by atoms with van der Waals surface area (Å²) < 4.78 is 6.46. The van der Waals surface area contributed by atoms with Crippen molar-refractivity contribution in [2.75, 3.05) is 10.2 Å². The highest BCUT2D eigenvalue weighted by molar-refractivity contribution is 6.74. The molecule has 8 aromatic carbocycles. The Morgan fingerprint density at radius 3 is 2.02 bits per heavy atom. The fraction of sp³-hybridized carbons (Fsp3) is 0. The number of benzene rings is 8. The molecule has 223 valence electrons. The van der Waals surface area contributed by atoms with Crippen LogP contribution in [0.4, 0.5) is 28.4 Å². The summed E-state index contributed by atoms with van der Waals surface area (Å²) in [5.41, 5.74) is 12.5. The summed E-state index contributed by atoms with van der Waals surface area (Å²) in [5, 5.41) is 8.62. The van der Waals surface area contributed by atoms with E-state index in [-0.39, 0.29) is 0 Å². The van der Waals surface area contributed by atoms with Gasteiger partial charge in [-0.2, -0.15) is 0 Å². The number of ether oxygens (including phenoxy) is 1. The second-order valence-corrected chi connectivity index (χ2v) is 12.5. The molecule has 4 heteroatoms. The van der Waals surface area contributed by atoms with Crippen molar-refractivity contribution in [2.24, 2.45) is 0 Å². The fourth-order valence-corrected chi connectivity index (χ4v) is 7.39. The third-order valence-corrected chi connectivity index (χ3v) is 9.61. The highest BCUT2D eigenvalue weighted by Gasteiger charge is 2.35. The maximum absolute atomic E-state index is 6.46. The molecule has 2 aliphatic rings. The molecule has 10 rings (SSSR count). The summed E-state index contributed by atoms with van der Waals surface area (Å²) in [4.78, 5) is 2.42. The number of rotatable bonds is 4. The molecule has 3 nitrogen and oxygen atoms in total. The smallest absolute Gasteiger partial charge is 0.198 e. The van der Waals surface area contributed by atoms with Crippen LogP contribution in [-0.2, 0) is 0 Å². The Morgan fingerprint density at radius 2 is 1.17 bits per heavy atom. The Balaban J connectivity index is 1.20. The van der Waals surface area contributed by atoms with E-state index in [9.17, 15) is 0 Å². The number of fused-ring (bicyclic) bond motifs is 7. The van der Waals surface area contributed by atoms with Crippen LogP contribution in [0.5, 0.6) is 11.5 Å². The lowest BCUT2D eigenvalue weighted by Gasteiger charge is -2.40. The predicted molar refractivity (Wildman–Crippen MR) is 202 cm³/mol. The van der Waals surface area contributed by atoms with E-state index in [0.29, 0.717) is 0 Å². The summed E-state index contributed by atoms with van der Waals surface area (Å²) in [6.07, 6.45) is 0. The lowest BCUT2D eigenvalue weighted by molar-refractivity contribution is 0.477. The first-order valence-corrected chi connectivity index (χ1v) is 16.3. The molecule has 0 fully saturated rings. The summed E-state index contributed by atoms with van der Waals surface area (Å²) in [7, 11) is 2.34. The van der Waals surface area contributed by atoms with Crippen molar-refractivity contribution < 1.29 is 4.74 Å². The van der Waals surface area contributed by atoms with Crippen molar-refractivity contribution in [1.29, 1.82) is 0 Å². The van der Waals surface area contributed by atoms with Gasteiger partial charge in [-0.05, 0) is 86.8 Å². The van der Waals surface area contributed by atoms with Crippen molar-refractivity contribution in [1.82, 2.24) is 0 Å². The van der Waals surface area contributed by atoms with Gasteiger partial charge < -0.3 is 15.0 Å². The van der Waals surface area contributed by atoms with E-state index in [4.69, 9.17) is 4.74 Å². The fourth-order valence-electron chi connectivity index (χ4n) is 7.39. The molecule has 0 unspecified atom stereocenters. The average Bonchev–Trinajstić information content (AvgIpc) is 3.15. The zero-order chi connectivity index (χ0) is 31.6. The first kappa shape index (κ1) is 26.9. The second kappa shape index (κ2) is 10.6. The van der Waals surface area contributed by atoms with Gasteiger partial charge in [0.1, 0.15) is 0 Å². The van der Waals surface area contributed by atoms with Crippen LogP contribution < -0.4 is 25.9 Å². The minimum atomic E-state index is 0.858. The zero-order valence-corrected chi connectivity index (χ0v) is 26.0. The molecule has 0 amide bonds. The quantitative estimate of drug-likeness (QED) is 0.201. The molecule has 0 aromatic heterocycles. The van der Waals surface area contributed by atoms with Crippen LogP contribution in [0.3, 0.4) is 0 Å². The van der Waals surface area contributed by atoms with E-state index >= 15 is 0 Å². The lowest BCUT2D eigenvalue weighted by atomic mass is 9.57. The summed E-state index contributed by atoms with van der Waals surface area (Å²) in [6.45, 7) is 0. The SMILES string of the molecule is [B]1c2cccc3c2N(c2ccccc2O3)c2c1c(-c1cc3ccccc3cc1Nc1ccc(-c3ccccc3)cc1)cc1ccccc21. The van der Waals surface area contributed by atoms with E-state index in [2.05, 4.69) is 175 Å². The number of nitrogens with zero attached hydrogens (tertiary/aromatic N) is 1. The molecule has 2 aliphatic heterocycles. The molecule has 0 saturated carbocycles. The standard InChI is InChI=1S/C44H28BN2O/c1-2-11-28(12-3-1)29-21-23-33(24-22-29)46-38-27-31-14-5-4-13-30(31)25-35(38)36-26-32-15-6-7-16-34(32)43-42(36)45-37-17-10-20-41-44(37)47(43)39-18-8-9-19-40(39)48-41/h1-27,46H. The van der Waals surface area contributed by atoms with Crippen LogP contribution in [-0.4, -0.2) is 7.28 Å². The Morgan fingerprint density at radius 1 is 0.500 bits per heavy atom. The predicted octanol–water partition coefficient (Wildman–Crippen LogP) is 10.6. The topological polar surface area (TPSA) is 24.5 Å². The van der Waals surface area contributed by atoms with Crippen LogP contribution in [0.25, 0.3) is 43.8 Å². The minimum Gasteiger partial charge on any atom is -0.453 e. The Labute approximate surface area is 279 Å². The minimum absolute atomic E-state index is 0.858. The maximum Gasteiger partial charge on any atom is 0.198 e. The maximum atomic E-state index is 6.46. The third-order valence-electron chi connectivity index (χ3n) is 9.61. The molecule has 8 aromatic rings. The number of hydrogen-bond donors (Lipinski definition) is 1. The molecule has 48 heavy (non-hydrogen) atoms. The van der Waals surface area contributed by atoms with Gasteiger partial charge in [0.15, 0.2) is 18.8 Å². The highest BCUT2D eigenvalue weighted by atomic mass is 16.5. The van der Waals surface area contributed by atoms with Crippen molar-refractivity contribution in [3.8, 4) is 33.8 Å². The second-order valence-electron chi connectivity index (χ2n) is 12.5. The molecule has 2 heterocycles. The summed E-state index contributed by atoms with van der Waals surface area (Å²) in [5.74, 6) is 1.73. The van der Waals surface area contributed by atoms with Gasteiger partial charge in [-0.3, -0.25) is 0 Å². The van der Waals surface area contributed by atoms with Crippen molar-refractivity contribution in [3.05, 3.63) is 164 Å². The Kier molecular flexibility index (Phi) is 5.97. The van der Waals surface area contributed by atoms with Crippen molar-refractivity contribution >= 4 is 68.2 Å². The number of anilines is 5. The lowest BCUT2D eigenvalue weighted by Crippen LogP contribution is -2.42.